The normalized spacial score (nSPS) is 18.0. The second-order valence-corrected chi connectivity index (χ2v) is 11.0. The smallest absolute Gasteiger partial charge is 0.405 e. The number of rotatable bonds is 10. The number of piperidine rings is 1. The van der Waals surface area contributed by atoms with E-state index in [1.165, 1.54) is 17.0 Å². The minimum absolute atomic E-state index is 0.0480. The Morgan fingerprint density at radius 3 is 2.54 bits per heavy atom. The number of hydrogen-bond acceptors (Lipinski definition) is 5. The van der Waals surface area contributed by atoms with E-state index in [2.05, 4.69) is 44.5 Å². The molecule has 2 saturated heterocycles. The average molecular weight is 566 g/mol. The van der Waals surface area contributed by atoms with E-state index in [4.69, 9.17) is 4.74 Å². The van der Waals surface area contributed by atoms with Crippen molar-refractivity contribution in [2.45, 2.75) is 38.8 Å². The number of H-pyrrole nitrogens is 1. The number of likely N-dealkylation sites (tertiary alicyclic amines) is 1. The molecule has 2 aromatic carbocycles. The van der Waals surface area contributed by atoms with Crippen LogP contribution in [-0.4, -0.2) is 95.3 Å². The molecule has 2 aliphatic heterocycles. The van der Waals surface area contributed by atoms with E-state index in [1.54, 1.807) is 17.0 Å². The van der Waals surface area contributed by atoms with Gasteiger partial charge in [-0.1, -0.05) is 24.3 Å². The molecular weight excluding hydrogens is 525 g/mol. The van der Waals surface area contributed by atoms with Crippen molar-refractivity contribution >= 4 is 22.9 Å². The topological polar surface area (TPSA) is 101 Å². The zero-order valence-electron chi connectivity index (χ0n) is 23.7. The average Bonchev–Trinajstić information content (AvgIpc) is 3.40. The van der Waals surface area contributed by atoms with Gasteiger partial charge in [0.15, 0.2) is 0 Å². The van der Waals surface area contributed by atoms with Crippen molar-refractivity contribution in [1.82, 2.24) is 25.0 Å². The van der Waals surface area contributed by atoms with Crippen LogP contribution >= 0.6 is 0 Å². The summed E-state index contributed by atoms with van der Waals surface area (Å²) in [5.74, 6) is 0.0378. The number of fused-ring (bicyclic) bond motifs is 1. The number of para-hydroxylation sites is 1. The predicted molar refractivity (Wildman–Crippen MR) is 156 cm³/mol. The molecule has 5 rings (SSSR count). The minimum atomic E-state index is -1.17. The molecule has 3 heterocycles. The maximum Gasteiger partial charge on any atom is 0.405 e. The van der Waals surface area contributed by atoms with E-state index in [9.17, 15) is 19.1 Å². The summed E-state index contributed by atoms with van der Waals surface area (Å²) in [7, 11) is 0. The second-order valence-electron chi connectivity index (χ2n) is 11.0. The monoisotopic (exact) mass is 565 g/mol. The van der Waals surface area contributed by atoms with Crippen molar-refractivity contribution in [3.8, 4) is 5.75 Å². The summed E-state index contributed by atoms with van der Waals surface area (Å²) >= 11 is 0. The Balaban J connectivity index is 1.13. The Morgan fingerprint density at radius 1 is 1.05 bits per heavy atom. The van der Waals surface area contributed by atoms with Gasteiger partial charge in [-0.05, 0) is 69.0 Å². The Bertz CT molecular complexity index is 1330. The number of amides is 2. The highest BCUT2D eigenvalue weighted by atomic mass is 19.1. The Labute approximate surface area is 240 Å². The Morgan fingerprint density at radius 2 is 1.80 bits per heavy atom. The van der Waals surface area contributed by atoms with Crippen molar-refractivity contribution < 1.29 is 23.8 Å². The molecule has 0 aliphatic carbocycles. The van der Waals surface area contributed by atoms with Gasteiger partial charge in [-0.3, -0.25) is 9.69 Å². The largest absolute Gasteiger partial charge is 0.493 e. The van der Waals surface area contributed by atoms with E-state index in [1.807, 2.05) is 13.0 Å². The lowest BCUT2D eigenvalue weighted by Crippen LogP contribution is -2.58. The van der Waals surface area contributed by atoms with Crippen LogP contribution in [0.4, 0.5) is 9.18 Å². The quantitative estimate of drug-likeness (QED) is 0.344. The lowest BCUT2D eigenvalue weighted by atomic mass is 9.88. The number of nitrogens with one attached hydrogen (secondary N) is 2. The molecule has 10 heteroatoms. The Kier molecular flexibility index (Phi) is 9.41. The van der Waals surface area contributed by atoms with Gasteiger partial charge >= 0.3 is 6.09 Å². The van der Waals surface area contributed by atoms with Crippen LogP contribution in [0.1, 0.15) is 30.9 Å². The number of piperazine rings is 1. The van der Waals surface area contributed by atoms with Crippen LogP contribution in [0.3, 0.4) is 0 Å². The van der Waals surface area contributed by atoms with Gasteiger partial charge in [0.2, 0.25) is 5.91 Å². The number of nitrogens with zero attached hydrogens (tertiary/aromatic N) is 3. The van der Waals surface area contributed by atoms with E-state index in [0.717, 1.165) is 44.4 Å². The third-order valence-corrected chi connectivity index (χ3v) is 8.46. The summed E-state index contributed by atoms with van der Waals surface area (Å²) in [6, 6.07) is 12.4. The molecule has 1 aromatic heterocycles. The number of hydrogen-bond donors (Lipinski definition) is 3. The molecule has 2 aliphatic rings. The molecule has 0 saturated carbocycles. The van der Waals surface area contributed by atoms with Crippen LogP contribution < -0.4 is 10.1 Å². The van der Waals surface area contributed by atoms with Crippen molar-refractivity contribution in [2.75, 3.05) is 52.4 Å². The number of aromatic nitrogens is 1. The van der Waals surface area contributed by atoms with Crippen LogP contribution in [0.2, 0.25) is 0 Å². The molecule has 3 aromatic rings. The lowest BCUT2D eigenvalue weighted by molar-refractivity contribution is -0.137. The number of ether oxygens (including phenoxy) is 1. The van der Waals surface area contributed by atoms with Crippen molar-refractivity contribution in [3.05, 3.63) is 65.6 Å². The molecule has 0 radical (unpaired) electrons. The van der Waals surface area contributed by atoms with Gasteiger partial charge in [0.05, 0.1) is 6.61 Å². The molecule has 0 spiro atoms. The summed E-state index contributed by atoms with van der Waals surface area (Å²) in [6.07, 6.45) is 3.37. The molecule has 1 atom stereocenters. The van der Waals surface area contributed by atoms with Crippen LogP contribution in [0.15, 0.2) is 48.7 Å². The molecule has 220 valence electrons. The van der Waals surface area contributed by atoms with Crippen LogP contribution in [0.5, 0.6) is 5.75 Å². The maximum absolute atomic E-state index is 14.5. The molecule has 2 amide bonds. The van der Waals surface area contributed by atoms with E-state index in [-0.39, 0.29) is 17.6 Å². The van der Waals surface area contributed by atoms with Crippen molar-refractivity contribution in [1.29, 1.82) is 0 Å². The Hall–Kier alpha value is -3.63. The molecule has 2 fully saturated rings. The number of halogens is 1. The molecule has 0 unspecified atom stereocenters. The van der Waals surface area contributed by atoms with Crippen molar-refractivity contribution in [3.63, 3.8) is 0 Å². The number of carbonyl (C=O) groups excluding carboxylic acids is 1. The fourth-order valence-electron chi connectivity index (χ4n) is 6.17. The molecular formula is C31H40FN5O4. The number of carbonyl (C=O) groups is 2. The van der Waals surface area contributed by atoms with Crippen LogP contribution in [0.25, 0.3) is 10.9 Å². The fraction of sp³-hybridized carbons (Fsp3) is 0.484. The highest BCUT2D eigenvalue weighted by Crippen LogP contribution is 2.26. The van der Waals surface area contributed by atoms with E-state index < -0.39 is 12.1 Å². The standard InChI is InChI=1S/C31H40FN5O4/c1-2-41-28-9-5-7-26(32)25(28)21-36-16-18-37(19-17-36)30(38)29(34-31(39)40)22-10-13-35(14-11-22)15-12-23-20-33-27-8-4-3-6-24(23)27/h3-9,20,22,29,33-34H,2,10-19,21H2,1H3,(H,39,40)/t29-/m1/s1. The molecule has 3 N–H and O–H groups in total. The lowest BCUT2D eigenvalue weighted by Gasteiger charge is -2.40. The van der Waals surface area contributed by atoms with Gasteiger partial charge in [-0.15, -0.1) is 0 Å². The van der Waals surface area contributed by atoms with Crippen LogP contribution in [0, 0.1) is 11.7 Å². The van der Waals surface area contributed by atoms with E-state index >= 15 is 0 Å². The molecule has 0 bridgehead atoms. The zero-order chi connectivity index (χ0) is 28.8. The first-order valence-corrected chi connectivity index (χ1v) is 14.6. The second kappa shape index (κ2) is 13.4. The SMILES string of the molecule is CCOc1cccc(F)c1CN1CCN(C(=O)[C@H](NC(=O)O)C2CCN(CCc3c[nH]c4ccccc34)CC2)CC1. The van der Waals surface area contributed by atoms with Gasteiger partial charge in [-0.25, -0.2) is 9.18 Å². The first-order valence-electron chi connectivity index (χ1n) is 14.6. The number of aromatic amines is 1. The molecule has 41 heavy (non-hydrogen) atoms. The first kappa shape index (κ1) is 28.9. The van der Waals surface area contributed by atoms with Gasteiger partial charge < -0.3 is 29.9 Å². The maximum atomic E-state index is 14.5. The first-order chi connectivity index (χ1) is 19.9. The number of benzene rings is 2. The highest BCUT2D eigenvalue weighted by molar-refractivity contribution is 5.86. The molecule has 9 nitrogen and oxygen atoms in total. The fourth-order valence-corrected chi connectivity index (χ4v) is 6.17. The summed E-state index contributed by atoms with van der Waals surface area (Å²) in [6.45, 7) is 7.42. The van der Waals surface area contributed by atoms with E-state index in [0.29, 0.717) is 50.6 Å². The zero-order valence-corrected chi connectivity index (χ0v) is 23.7. The summed E-state index contributed by atoms with van der Waals surface area (Å²) in [5, 5.41) is 13.3. The summed E-state index contributed by atoms with van der Waals surface area (Å²) in [4.78, 5) is 34.8. The third-order valence-electron chi connectivity index (χ3n) is 8.46. The third kappa shape index (κ3) is 7.00. The highest BCUT2D eigenvalue weighted by Gasteiger charge is 2.36. The van der Waals surface area contributed by atoms with Crippen molar-refractivity contribution in [2.24, 2.45) is 5.92 Å². The van der Waals surface area contributed by atoms with Gasteiger partial charge in [0, 0.05) is 61.9 Å². The van der Waals surface area contributed by atoms with Crippen LogP contribution in [-0.2, 0) is 17.8 Å². The minimum Gasteiger partial charge on any atom is -0.493 e. The predicted octanol–water partition coefficient (Wildman–Crippen LogP) is 3.94. The van der Waals surface area contributed by atoms with Gasteiger partial charge in [0.1, 0.15) is 17.6 Å². The number of carboxylic acid groups (broad SMARTS) is 1. The summed E-state index contributed by atoms with van der Waals surface area (Å²) < 4.78 is 20.1. The van der Waals surface area contributed by atoms with Gasteiger partial charge in [0.25, 0.3) is 0 Å². The summed E-state index contributed by atoms with van der Waals surface area (Å²) in [5.41, 5.74) is 2.97. The van der Waals surface area contributed by atoms with Gasteiger partial charge in [-0.2, -0.15) is 0 Å².